The average molecular weight is 436 g/mol. The van der Waals surface area contributed by atoms with Gasteiger partial charge in [0, 0.05) is 17.5 Å². The zero-order valence-electron chi connectivity index (χ0n) is 17.2. The second-order valence-electron chi connectivity index (χ2n) is 6.67. The Morgan fingerprint density at radius 1 is 1.13 bits per heavy atom. The van der Waals surface area contributed by atoms with Crippen LogP contribution >= 0.6 is 11.8 Å². The first-order valence-electron chi connectivity index (χ1n) is 9.62. The fourth-order valence-corrected chi connectivity index (χ4v) is 3.66. The van der Waals surface area contributed by atoms with Crippen LogP contribution in [0.5, 0.6) is 5.88 Å². The molecule has 0 saturated heterocycles. The van der Waals surface area contributed by atoms with Crippen LogP contribution in [-0.2, 0) is 9.53 Å². The van der Waals surface area contributed by atoms with Gasteiger partial charge < -0.3 is 9.47 Å². The lowest BCUT2D eigenvalue weighted by Gasteiger charge is -2.30. The Morgan fingerprint density at radius 3 is 2.55 bits per heavy atom. The van der Waals surface area contributed by atoms with Crippen molar-refractivity contribution >= 4 is 29.3 Å². The average Bonchev–Trinajstić information content (AvgIpc) is 2.97. The van der Waals surface area contributed by atoms with E-state index in [9.17, 15) is 9.59 Å². The fourth-order valence-electron chi connectivity index (χ4n) is 3.36. The van der Waals surface area contributed by atoms with E-state index < -0.39 is 12.2 Å². The van der Waals surface area contributed by atoms with Crippen molar-refractivity contribution in [3.05, 3.63) is 59.7 Å². The number of amides is 1. The van der Waals surface area contributed by atoms with E-state index in [2.05, 4.69) is 15.2 Å². The van der Waals surface area contributed by atoms with Gasteiger partial charge in [0.15, 0.2) is 5.69 Å². The molecule has 3 aromatic rings. The molecule has 0 saturated carbocycles. The second kappa shape index (κ2) is 8.73. The second-order valence-corrected chi connectivity index (χ2v) is 7.44. The number of ether oxygens (including phenoxy) is 2. The van der Waals surface area contributed by atoms with Crippen LogP contribution in [0.25, 0.3) is 11.3 Å². The highest BCUT2D eigenvalue weighted by atomic mass is 32.2. The molecule has 2 heterocycles. The SMILES string of the molecule is CCC(=O)N1c2ccccc2-c2nnc(SC)nc2O[C@@H]1c1ccc(C(=O)OC)cc1. The molecule has 9 heteroatoms. The molecule has 0 spiro atoms. The summed E-state index contributed by atoms with van der Waals surface area (Å²) in [7, 11) is 1.33. The number of esters is 1. The van der Waals surface area contributed by atoms with Crippen LogP contribution in [0.2, 0.25) is 0 Å². The molecule has 2 aromatic carbocycles. The molecule has 0 N–H and O–H groups in total. The van der Waals surface area contributed by atoms with Gasteiger partial charge in [0.05, 0.1) is 18.4 Å². The number of thioether (sulfide) groups is 1. The highest BCUT2D eigenvalue weighted by Crippen LogP contribution is 2.43. The summed E-state index contributed by atoms with van der Waals surface area (Å²) >= 11 is 1.35. The molecule has 1 atom stereocenters. The lowest BCUT2D eigenvalue weighted by atomic mass is 10.1. The van der Waals surface area contributed by atoms with Gasteiger partial charge in [-0.15, -0.1) is 10.2 Å². The third-order valence-corrected chi connectivity index (χ3v) is 5.42. The molecule has 1 aromatic heterocycles. The topological polar surface area (TPSA) is 94.5 Å². The zero-order valence-corrected chi connectivity index (χ0v) is 18.0. The molecule has 1 aliphatic heterocycles. The molecule has 31 heavy (non-hydrogen) atoms. The van der Waals surface area contributed by atoms with Gasteiger partial charge in [-0.05, 0) is 24.5 Å². The van der Waals surface area contributed by atoms with E-state index in [1.54, 1.807) is 36.1 Å². The van der Waals surface area contributed by atoms with E-state index in [4.69, 9.17) is 9.47 Å². The van der Waals surface area contributed by atoms with Gasteiger partial charge in [0.25, 0.3) is 0 Å². The molecular weight excluding hydrogens is 416 g/mol. The maximum atomic E-state index is 13.1. The summed E-state index contributed by atoms with van der Waals surface area (Å²) in [6.07, 6.45) is 1.33. The van der Waals surface area contributed by atoms with Crippen molar-refractivity contribution < 1.29 is 19.1 Å². The van der Waals surface area contributed by atoms with E-state index in [-0.39, 0.29) is 12.3 Å². The van der Waals surface area contributed by atoms with Crippen molar-refractivity contribution in [2.75, 3.05) is 18.3 Å². The first-order valence-corrected chi connectivity index (χ1v) is 10.8. The van der Waals surface area contributed by atoms with Crippen LogP contribution in [0.3, 0.4) is 0 Å². The molecule has 0 fully saturated rings. The number of hydrogen-bond acceptors (Lipinski definition) is 8. The van der Waals surface area contributed by atoms with Crippen molar-refractivity contribution in [3.8, 4) is 17.1 Å². The van der Waals surface area contributed by atoms with Gasteiger partial charge in [0.1, 0.15) is 0 Å². The van der Waals surface area contributed by atoms with Crippen molar-refractivity contribution in [2.45, 2.75) is 24.7 Å². The Kier molecular flexibility index (Phi) is 5.85. The maximum Gasteiger partial charge on any atom is 0.337 e. The number of benzene rings is 2. The number of para-hydroxylation sites is 1. The number of fused-ring (bicyclic) bond motifs is 3. The predicted octanol–water partition coefficient (Wildman–Crippen LogP) is 3.88. The number of nitrogens with zero attached hydrogens (tertiary/aromatic N) is 4. The molecule has 4 rings (SSSR count). The van der Waals surface area contributed by atoms with Crippen LogP contribution in [0, 0.1) is 0 Å². The predicted molar refractivity (Wildman–Crippen MR) is 116 cm³/mol. The van der Waals surface area contributed by atoms with Gasteiger partial charge >= 0.3 is 5.97 Å². The van der Waals surface area contributed by atoms with Crippen molar-refractivity contribution in [1.82, 2.24) is 15.2 Å². The Labute approximate surface area is 183 Å². The summed E-state index contributed by atoms with van der Waals surface area (Å²) in [6, 6.07) is 14.2. The Balaban J connectivity index is 1.90. The fraction of sp³-hybridized carbons (Fsp3) is 0.227. The number of anilines is 1. The Bertz CT molecular complexity index is 1140. The summed E-state index contributed by atoms with van der Waals surface area (Å²) in [4.78, 5) is 31.0. The number of methoxy groups -OCH3 is 1. The van der Waals surface area contributed by atoms with Gasteiger partial charge in [-0.2, -0.15) is 4.98 Å². The van der Waals surface area contributed by atoms with E-state index in [0.29, 0.717) is 39.1 Å². The van der Waals surface area contributed by atoms with Gasteiger partial charge in [-0.3, -0.25) is 9.69 Å². The number of carbonyl (C=O) groups is 2. The summed E-state index contributed by atoms with van der Waals surface area (Å²) in [5, 5.41) is 8.94. The number of rotatable bonds is 4. The zero-order chi connectivity index (χ0) is 22.0. The minimum Gasteiger partial charge on any atom is -0.465 e. The first kappa shape index (κ1) is 20.8. The van der Waals surface area contributed by atoms with Crippen LogP contribution in [0.4, 0.5) is 5.69 Å². The van der Waals surface area contributed by atoms with Crippen molar-refractivity contribution in [2.24, 2.45) is 0 Å². The minimum absolute atomic E-state index is 0.125. The van der Waals surface area contributed by atoms with E-state index in [0.717, 1.165) is 0 Å². The summed E-state index contributed by atoms with van der Waals surface area (Å²) in [5.74, 6) is -0.271. The number of aromatic nitrogens is 3. The van der Waals surface area contributed by atoms with Gasteiger partial charge in [0.2, 0.25) is 23.2 Å². The standard InChI is InChI=1S/C22H20N4O4S/c1-4-17(27)26-16-8-6-5-7-15(16)18-19(23-22(31-3)25-24-18)30-20(26)13-9-11-14(12-10-13)21(28)29-2/h5-12,20H,4H2,1-3H3/t20-/m1/s1. The smallest absolute Gasteiger partial charge is 0.337 e. The molecule has 1 aliphatic rings. The molecule has 0 unspecified atom stereocenters. The summed E-state index contributed by atoms with van der Waals surface area (Å²) in [6.45, 7) is 1.80. The summed E-state index contributed by atoms with van der Waals surface area (Å²) in [5.41, 5.74) is 2.92. The van der Waals surface area contributed by atoms with Crippen LogP contribution in [0.15, 0.2) is 53.7 Å². The van der Waals surface area contributed by atoms with Crippen LogP contribution in [-0.4, -0.2) is 40.4 Å². The normalized spacial score (nSPS) is 14.7. The lowest BCUT2D eigenvalue weighted by Crippen LogP contribution is -2.37. The van der Waals surface area contributed by atoms with Crippen LogP contribution in [0.1, 0.15) is 35.5 Å². The maximum absolute atomic E-state index is 13.1. The number of carbonyl (C=O) groups excluding carboxylic acids is 2. The molecular formula is C22H20N4O4S. The Morgan fingerprint density at radius 2 is 1.87 bits per heavy atom. The van der Waals surface area contributed by atoms with Crippen LogP contribution < -0.4 is 9.64 Å². The quantitative estimate of drug-likeness (QED) is 0.449. The first-order chi connectivity index (χ1) is 15.1. The van der Waals surface area contributed by atoms with Gasteiger partial charge in [-0.25, -0.2) is 4.79 Å². The largest absolute Gasteiger partial charge is 0.465 e. The molecule has 0 radical (unpaired) electrons. The summed E-state index contributed by atoms with van der Waals surface area (Å²) < 4.78 is 11.1. The third-order valence-electron chi connectivity index (χ3n) is 4.88. The molecule has 1 amide bonds. The molecule has 0 aliphatic carbocycles. The minimum atomic E-state index is -0.798. The third kappa shape index (κ3) is 3.84. The van der Waals surface area contributed by atoms with Gasteiger partial charge in [-0.1, -0.05) is 49.0 Å². The molecule has 8 nitrogen and oxygen atoms in total. The van der Waals surface area contributed by atoms with E-state index in [1.807, 2.05) is 30.5 Å². The highest BCUT2D eigenvalue weighted by molar-refractivity contribution is 7.98. The van der Waals surface area contributed by atoms with E-state index in [1.165, 1.54) is 18.9 Å². The van der Waals surface area contributed by atoms with Crippen molar-refractivity contribution in [3.63, 3.8) is 0 Å². The highest BCUT2D eigenvalue weighted by Gasteiger charge is 2.35. The monoisotopic (exact) mass is 436 g/mol. The van der Waals surface area contributed by atoms with Crippen molar-refractivity contribution in [1.29, 1.82) is 0 Å². The Hall–Kier alpha value is -3.46. The lowest BCUT2D eigenvalue weighted by molar-refractivity contribution is -0.120. The van der Waals surface area contributed by atoms with E-state index >= 15 is 0 Å². The molecule has 0 bridgehead atoms. The number of hydrogen-bond donors (Lipinski definition) is 0. The molecule has 158 valence electrons.